The molecule has 3 rings (SSSR count). The van der Waals surface area contributed by atoms with Crippen LogP contribution in [0.1, 0.15) is 49.5 Å². The molecule has 1 N–H and O–H groups in total. The van der Waals surface area contributed by atoms with Gasteiger partial charge in [0.05, 0.1) is 15.1 Å². The molecular weight excluding hydrogens is 406 g/mol. The molecule has 2 aromatic carbocycles. The summed E-state index contributed by atoms with van der Waals surface area (Å²) >= 11 is 1.42. The molecule has 0 bridgehead atoms. The number of anilines is 1. The smallest absolute Gasteiger partial charge is 0.257 e. The third-order valence-corrected chi connectivity index (χ3v) is 7.80. The number of fused-ring (bicyclic) bond motifs is 1. The van der Waals surface area contributed by atoms with E-state index in [1.807, 2.05) is 26.0 Å². The van der Waals surface area contributed by atoms with Gasteiger partial charge in [-0.2, -0.15) is 4.31 Å². The number of amides is 1. The summed E-state index contributed by atoms with van der Waals surface area (Å²) in [4.78, 5) is 17.2. The highest BCUT2D eigenvalue weighted by Crippen LogP contribution is 2.29. The Morgan fingerprint density at radius 3 is 2.31 bits per heavy atom. The molecule has 0 aliphatic carbocycles. The van der Waals surface area contributed by atoms with Crippen molar-refractivity contribution in [2.24, 2.45) is 0 Å². The maximum Gasteiger partial charge on any atom is 0.257 e. The number of sulfonamides is 1. The summed E-state index contributed by atoms with van der Waals surface area (Å²) < 4.78 is 27.4. The summed E-state index contributed by atoms with van der Waals surface area (Å²) in [6, 6.07) is 11.9. The number of nitrogens with zero attached hydrogens (tertiary/aromatic N) is 2. The van der Waals surface area contributed by atoms with Gasteiger partial charge in [-0.3, -0.25) is 10.1 Å². The van der Waals surface area contributed by atoms with E-state index in [9.17, 15) is 13.2 Å². The first-order valence-electron chi connectivity index (χ1n) is 9.39. The molecule has 1 aromatic heterocycles. The van der Waals surface area contributed by atoms with Crippen LogP contribution in [0.25, 0.3) is 10.2 Å². The Morgan fingerprint density at radius 1 is 1.07 bits per heavy atom. The Morgan fingerprint density at radius 2 is 1.72 bits per heavy atom. The number of hydrogen-bond acceptors (Lipinski definition) is 5. The third kappa shape index (κ3) is 4.49. The molecular formula is C21H25N3O3S2. The second-order valence-corrected chi connectivity index (χ2v) is 10.5. The van der Waals surface area contributed by atoms with Crippen LogP contribution in [-0.4, -0.2) is 36.7 Å². The zero-order valence-corrected chi connectivity index (χ0v) is 18.8. The molecule has 0 fully saturated rings. The van der Waals surface area contributed by atoms with E-state index in [0.29, 0.717) is 16.6 Å². The highest BCUT2D eigenvalue weighted by atomic mass is 32.2. The van der Waals surface area contributed by atoms with Crippen molar-refractivity contribution in [1.29, 1.82) is 0 Å². The van der Waals surface area contributed by atoms with E-state index in [1.54, 1.807) is 7.05 Å². The van der Waals surface area contributed by atoms with Crippen molar-refractivity contribution in [1.82, 2.24) is 9.29 Å². The molecule has 0 atom stereocenters. The Labute approximate surface area is 175 Å². The van der Waals surface area contributed by atoms with Crippen molar-refractivity contribution >= 4 is 42.6 Å². The summed E-state index contributed by atoms with van der Waals surface area (Å²) in [6.07, 6.45) is 0. The van der Waals surface area contributed by atoms with Gasteiger partial charge in [0.25, 0.3) is 5.91 Å². The summed E-state index contributed by atoms with van der Waals surface area (Å²) in [5.74, 6) is 0.0957. The van der Waals surface area contributed by atoms with Crippen molar-refractivity contribution in [3.8, 4) is 0 Å². The largest absolute Gasteiger partial charge is 0.298 e. The molecule has 8 heteroatoms. The fourth-order valence-corrected chi connectivity index (χ4v) is 5.02. The first kappa shape index (κ1) is 21.4. The van der Waals surface area contributed by atoms with E-state index in [4.69, 9.17) is 0 Å². The van der Waals surface area contributed by atoms with E-state index in [2.05, 4.69) is 30.2 Å². The van der Waals surface area contributed by atoms with Gasteiger partial charge in [0, 0.05) is 18.7 Å². The molecule has 0 aliphatic rings. The molecule has 154 valence electrons. The Balaban J connectivity index is 1.78. The van der Waals surface area contributed by atoms with E-state index < -0.39 is 10.0 Å². The maximum absolute atomic E-state index is 12.6. The molecule has 0 spiro atoms. The van der Waals surface area contributed by atoms with Gasteiger partial charge >= 0.3 is 0 Å². The Bertz CT molecular complexity index is 1130. The summed E-state index contributed by atoms with van der Waals surface area (Å²) in [5.41, 5.74) is 2.44. The molecule has 1 amide bonds. The predicted octanol–water partition coefficient (Wildman–Crippen LogP) is 4.70. The van der Waals surface area contributed by atoms with Gasteiger partial charge in [0.15, 0.2) is 5.13 Å². The van der Waals surface area contributed by atoms with Crippen LogP contribution < -0.4 is 5.32 Å². The Kier molecular flexibility index (Phi) is 6.07. The topological polar surface area (TPSA) is 79.4 Å². The minimum absolute atomic E-state index is 0.154. The molecule has 0 aliphatic heterocycles. The van der Waals surface area contributed by atoms with Crippen molar-refractivity contribution in [2.75, 3.05) is 12.4 Å². The number of rotatable bonds is 6. The van der Waals surface area contributed by atoms with Crippen molar-refractivity contribution in [3.05, 3.63) is 53.6 Å². The van der Waals surface area contributed by atoms with Crippen molar-refractivity contribution < 1.29 is 13.2 Å². The average molecular weight is 432 g/mol. The molecule has 1 heterocycles. The van der Waals surface area contributed by atoms with Gasteiger partial charge in [-0.15, -0.1) is 0 Å². The number of carbonyl (C=O) groups excluding carboxylic acids is 1. The molecule has 29 heavy (non-hydrogen) atoms. The zero-order chi connectivity index (χ0) is 21.3. The number of carbonyl (C=O) groups is 1. The predicted molar refractivity (Wildman–Crippen MR) is 118 cm³/mol. The van der Waals surface area contributed by atoms with Crippen LogP contribution in [0.4, 0.5) is 5.13 Å². The van der Waals surface area contributed by atoms with Gasteiger partial charge in [-0.05, 0) is 61.7 Å². The molecule has 3 aromatic rings. The minimum Gasteiger partial charge on any atom is -0.298 e. The van der Waals surface area contributed by atoms with Crippen LogP contribution in [-0.2, 0) is 10.0 Å². The van der Waals surface area contributed by atoms with Crippen LogP contribution in [0.2, 0.25) is 0 Å². The van der Waals surface area contributed by atoms with Crippen LogP contribution in [0, 0.1) is 0 Å². The lowest BCUT2D eigenvalue weighted by Crippen LogP contribution is -2.33. The van der Waals surface area contributed by atoms with E-state index in [-0.39, 0.29) is 16.8 Å². The van der Waals surface area contributed by atoms with Gasteiger partial charge < -0.3 is 0 Å². The van der Waals surface area contributed by atoms with Crippen LogP contribution in [0.15, 0.2) is 47.4 Å². The minimum atomic E-state index is -3.58. The second-order valence-electron chi connectivity index (χ2n) is 7.49. The highest BCUT2D eigenvalue weighted by Gasteiger charge is 2.23. The molecule has 0 saturated carbocycles. The summed E-state index contributed by atoms with van der Waals surface area (Å²) in [6.45, 7) is 7.88. The molecule has 0 saturated heterocycles. The lowest BCUT2D eigenvalue weighted by Gasteiger charge is -2.20. The van der Waals surface area contributed by atoms with Gasteiger partial charge in [0.1, 0.15) is 0 Å². The number of thiazole rings is 1. The standard InChI is InChI=1S/C21H25N3O3S2/c1-13(2)16-8-11-18-19(12-16)28-21(22-18)23-20(25)15-6-9-17(10-7-15)29(26,27)24(5)14(3)4/h6-14H,1-5H3,(H,22,23,25). The van der Waals surface area contributed by atoms with Gasteiger partial charge in [0.2, 0.25) is 10.0 Å². The first-order valence-corrected chi connectivity index (χ1v) is 11.6. The van der Waals surface area contributed by atoms with Gasteiger partial charge in [-0.1, -0.05) is 31.3 Å². The van der Waals surface area contributed by atoms with Crippen LogP contribution >= 0.6 is 11.3 Å². The van der Waals surface area contributed by atoms with Gasteiger partial charge in [-0.25, -0.2) is 13.4 Å². The fraction of sp³-hybridized carbons (Fsp3) is 0.333. The van der Waals surface area contributed by atoms with Crippen LogP contribution in [0.3, 0.4) is 0 Å². The number of nitrogens with one attached hydrogen (secondary N) is 1. The van der Waals surface area contributed by atoms with Crippen molar-refractivity contribution in [2.45, 2.75) is 44.6 Å². The van der Waals surface area contributed by atoms with E-state index in [1.165, 1.54) is 45.5 Å². The summed E-state index contributed by atoms with van der Waals surface area (Å²) in [5, 5.41) is 3.32. The highest BCUT2D eigenvalue weighted by molar-refractivity contribution is 7.89. The molecule has 0 radical (unpaired) electrons. The molecule has 6 nitrogen and oxygen atoms in total. The number of hydrogen-bond donors (Lipinski definition) is 1. The first-order chi connectivity index (χ1) is 13.6. The monoisotopic (exact) mass is 431 g/mol. The fourth-order valence-electron chi connectivity index (χ4n) is 2.75. The lowest BCUT2D eigenvalue weighted by molar-refractivity contribution is 0.102. The lowest BCUT2D eigenvalue weighted by atomic mass is 10.0. The molecule has 0 unspecified atom stereocenters. The number of aromatic nitrogens is 1. The summed E-state index contributed by atoms with van der Waals surface area (Å²) in [7, 11) is -2.04. The quantitative estimate of drug-likeness (QED) is 0.613. The number of benzene rings is 2. The average Bonchev–Trinajstić information content (AvgIpc) is 3.08. The van der Waals surface area contributed by atoms with Crippen LogP contribution in [0.5, 0.6) is 0 Å². The Hall–Kier alpha value is -2.29. The van der Waals surface area contributed by atoms with E-state index >= 15 is 0 Å². The SMILES string of the molecule is CC(C)c1ccc2nc(NC(=O)c3ccc(S(=O)(=O)N(C)C(C)C)cc3)sc2c1. The normalized spacial score (nSPS) is 12.3. The third-order valence-electron chi connectivity index (χ3n) is 4.82. The zero-order valence-electron chi connectivity index (χ0n) is 17.1. The van der Waals surface area contributed by atoms with E-state index in [0.717, 1.165) is 10.2 Å². The maximum atomic E-state index is 12.6. The van der Waals surface area contributed by atoms with Crippen molar-refractivity contribution in [3.63, 3.8) is 0 Å². The second kappa shape index (κ2) is 8.22.